The molecule has 0 heterocycles. The van der Waals surface area contributed by atoms with Crippen molar-refractivity contribution in [1.82, 2.24) is 10.9 Å². The van der Waals surface area contributed by atoms with Gasteiger partial charge in [-0.2, -0.15) is 0 Å². The van der Waals surface area contributed by atoms with Gasteiger partial charge >= 0.3 is 6.09 Å². The summed E-state index contributed by atoms with van der Waals surface area (Å²) in [5.41, 5.74) is 10.4. The van der Waals surface area contributed by atoms with Crippen LogP contribution in [0.4, 0.5) is 4.79 Å². The SMILES string of the molecule is CCCCCNNC(=O)OCC1c2ccccc2-c2ccccc21. The van der Waals surface area contributed by atoms with E-state index >= 15 is 0 Å². The lowest BCUT2D eigenvalue weighted by atomic mass is 9.98. The number of rotatable bonds is 7. The number of nitrogens with one attached hydrogen (secondary N) is 2. The minimum Gasteiger partial charge on any atom is -0.448 e. The Balaban J connectivity index is 1.58. The molecule has 1 amide bonds. The third-order valence-electron chi connectivity index (χ3n) is 4.44. The van der Waals surface area contributed by atoms with Crippen molar-refractivity contribution in [2.45, 2.75) is 32.1 Å². The molecular weight excluding hydrogens is 300 g/mol. The number of ether oxygens (including phenoxy) is 1. The highest BCUT2D eigenvalue weighted by molar-refractivity contribution is 5.79. The second kappa shape index (κ2) is 7.97. The fraction of sp³-hybridized carbons (Fsp3) is 0.350. The van der Waals surface area contributed by atoms with Gasteiger partial charge in [-0.1, -0.05) is 68.3 Å². The molecule has 0 bridgehead atoms. The minimum absolute atomic E-state index is 0.100. The molecule has 4 heteroatoms. The van der Waals surface area contributed by atoms with Crippen molar-refractivity contribution >= 4 is 6.09 Å². The standard InChI is InChI=1S/C20H24N2O2/c1-2-3-8-13-21-22-20(23)24-14-19-17-11-6-4-9-15(17)16-10-5-7-12-18(16)19/h4-7,9-12,19,21H,2-3,8,13-14H2,1H3,(H,22,23). The quantitative estimate of drug-likeness (QED) is 0.592. The van der Waals surface area contributed by atoms with Crippen LogP contribution >= 0.6 is 0 Å². The molecule has 1 aliphatic rings. The zero-order chi connectivity index (χ0) is 16.8. The van der Waals surface area contributed by atoms with Gasteiger partial charge in [0.25, 0.3) is 0 Å². The van der Waals surface area contributed by atoms with Gasteiger partial charge in [0.2, 0.25) is 0 Å². The van der Waals surface area contributed by atoms with E-state index in [0.29, 0.717) is 6.61 Å². The third-order valence-corrected chi connectivity index (χ3v) is 4.44. The van der Waals surface area contributed by atoms with Crippen LogP contribution < -0.4 is 10.9 Å². The van der Waals surface area contributed by atoms with Gasteiger partial charge in [0.15, 0.2) is 0 Å². The van der Waals surface area contributed by atoms with Crippen molar-refractivity contribution in [1.29, 1.82) is 0 Å². The number of hydrazine groups is 1. The average Bonchev–Trinajstić information content (AvgIpc) is 2.94. The van der Waals surface area contributed by atoms with E-state index in [1.54, 1.807) is 0 Å². The molecule has 24 heavy (non-hydrogen) atoms. The summed E-state index contributed by atoms with van der Waals surface area (Å²) < 4.78 is 5.43. The highest BCUT2D eigenvalue weighted by atomic mass is 16.6. The number of hydrogen-bond donors (Lipinski definition) is 2. The number of unbranched alkanes of at least 4 members (excludes halogenated alkanes) is 2. The third kappa shape index (κ3) is 3.60. The number of carbonyl (C=O) groups excluding carboxylic acids is 1. The van der Waals surface area contributed by atoms with Crippen LogP contribution in [0.25, 0.3) is 11.1 Å². The van der Waals surface area contributed by atoms with Crippen molar-refractivity contribution in [3.05, 3.63) is 59.7 Å². The van der Waals surface area contributed by atoms with E-state index in [9.17, 15) is 4.79 Å². The molecular formula is C20H24N2O2. The fourth-order valence-corrected chi connectivity index (χ4v) is 3.23. The number of benzene rings is 2. The molecule has 0 atom stereocenters. The Labute approximate surface area is 143 Å². The highest BCUT2D eigenvalue weighted by Crippen LogP contribution is 2.44. The van der Waals surface area contributed by atoms with Gasteiger partial charge in [0, 0.05) is 12.5 Å². The molecule has 0 unspecified atom stereocenters. The van der Waals surface area contributed by atoms with Gasteiger partial charge < -0.3 is 4.74 Å². The molecule has 0 radical (unpaired) electrons. The molecule has 0 fully saturated rings. The van der Waals surface area contributed by atoms with E-state index in [0.717, 1.165) is 25.8 Å². The monoisotopic (exact) mass is 324 g/mol. The molecule has 4 nitrogen and oxygen atoms in total. The van der Waals surface area contributed by atoms with Crippen molar-refractivity contribution in [2.24, 2.45) is 0 Å². The molecule has 0 spiro atoms. The zero-order valence-electron chi connectivity index (χ0n) is 14.0. The number of hydrogen-bond acceptors (Lipinski definition) is 3. The van der Waals surface area contributed by atoms with Gasteiger partial charge in [0.05, 0.1) is 0 Å². The Morgan fingerprint density at radius 1 is 1.00 bits per heavy atom. The van der Waals surface area contributed by atoms with Crippen molar-refractivity contribution < 1.29 is 9.53 Å². The van der Waals surface area contributed by atoms with Crippen LogP contribution in [0.3, 0.4) is 0 Å². The summed E-state index contributed by atoms with van der Waals surface area (Å²) in [6.07, 6.45) is 2.93. The Morgan fingerprint density at radius 3 is 2.25 bits per heavy atom. The van der Waals surface area contributed by atoms with Gasteiger partial charge in [-0.25, -0.2) is 10.2 Å². The van der Waals surface area contributed by atoms with E-state index in [4.69, 9.17) is 4.74 Å². The lowest BCUT2D eigenvalue weighted by Gasteiger charge is -2.14. The van der Waals surface area contributed by atoms with Crippen LogP contribution in [0, 0.1) is 0 Å². The van der Waals surface area contributed by atoms with E-state index in [1.807, 2.05) is 24.3 Å². The predicted octanol–water partition coefficient (Wildman–Crippen LogP) is 4.22. The molecule has 0 saturated carbocycles. The summed E-state index contributed by atoms with van der Waals surface area (Å²) in [6, 6.07) is 16.7. The predicted molar refractivity (Wildman–Crippen MR) is 95.7 cm³/mol. The first-order chi connectivity index (χ1) is 11.8. The van der Waals surface area contributed by atoms with Crippen LogP contribution in [0.2, 0.25) is 0 Å². The van der Waals surface area contributed by atoms with Gasteiger partial charge in [-0.05, 0) is 28.7 Å². The molecule has 1 aliphatic carbocycles. The first-order valence-corrected chi connectivity index (χ1v) is 8.65. The smallest absolute Gasteiger partial charge is 0.421 e. The maximum Gasteiger partial charge on any atom is 0.421 e. The van der Waals surface area contributed by atoms with Crippen molar-refractivity contribution in [3.63, 3.8) is 0 Å². The summed E-state index contributed by atoms with van der Waals surface area (Å²) >= 11 is 0. The number of amides is 1. The minimum atomic E-state index is -0.423. The highest BCUT2D eigenvalue weighted by Gasteiger charge is 2.28. The second-order valence-electron chi connectivity index (χ2n) is 6.08. The molecule has 0 aromatic heterocycles. The van der Waals surface area contributed by atoms with Crippen LogP contribution in [-0.2, 0) is 4.74 Å². The van der Waals surface area contributed by atoms with Gasteiger partial charge in [0.1, 0.15) is 6.61 Å². The maximum absolute atomic E-state index is 11.9. The molecule has 0 aliphatic heterocycles. The molecule has 0 saturated heterocycles. The Morgan fingerprint density at radius 2 is 1.62 bits per heavy atom. The van der Waals surface area contributed by atoms with E-state index < -0.39 is 6.09 Å². The van der Waals surface area contributed by atoms with E-state index in [1.165, 1.54) is 22.3 Å². The molecule has 126 valence electrons. The summed E-state index contributed by atoms with van der Waals surface area (Å²) in [4.78, 5) is 11.9. The van der Waals surface area contributed by atoms with Gasteiger partial charge in [-0.15, -0.1) is 0 Å². The number of carbonyl (C=O) groups is 1. The molecule has 2 N–H and O–H groups in total. The molecule has 3 rings (SSSR count). The summed E-state index contributed by atoms with van der Waals surface area (Å²) in [5.74, 6) is 0.100. The van der Waals surface area contributed by atoms with Crippen LogP contribution in [0.1, 0.15) is 43.2 Å². The second-order valence-corrected chi connectivity index (χ2v) is 6.08. The average molecular weight is 324 g/mol. The maximum atomic E-state index is 11.9. The summed E-state index contributed by atoms with van der Waals surface area (Å²) in [7, 11) is 0. The van der Waals surface area contributed by atoms with Crippen molar-refractivity contribution in [2.75, 3.05) is 13.2 Å². The number of fused-ring (bicyclic) bond motifs is 3. The van der Waals surface area contributed by atoms with Crippen LogP contribution in [0.5, 0.6) is 0 Å². The lowest BCUT2D eigenvalue weighted by Crippen LogP contribution is -2.38. The molecule has 2 aromatic carbocycles. The summed E-state index contributed by atoms with van der Waals surface area (Å²) in [5, 5.41) is 0. The lowest BCUT2D eigenvalue weighted by molar-refractivity contribution is 0.138. The van der Waals surface area contributed by atoms with E-state index in [2.05, 4.69) is 42.0 Å². The first-order valence-electron chi connectivity index (χ1n) is 8.65. The van der Waals surface area contributed by atoms with Crippen LogP contribution in [-0.4, -0.2) is 19.2 Å². The fourth-order valence-electron chi connectivity index (χ4n) is 3.23. The van der Waals surface area contributed by atoms with Gasteiger partial charge in [-0.3, -0.25) is 5.43 Å². The zero-order valence-corrected chi connectivity index (χ0v) is 14.0. The normalized spacial score (nSPS) is 12.5. The first kappa shape index (κ1) is 16.5. The Kier molecular flexibility index (Phi) is 5.49. The Bertz CT molecular complexity index is 654. The topological polar surface area (TPSA) is 50.4 Å². The Hall–Kier alpha value is -2.33. The summed E-state index contributed by atoms with van der Waals surface area (Å²) in [6.45, 7) is 3.26. The molecule has 2 aromatic rings. The largest absolute Gasteiger partial charge is 0.448 e. The van der Waals surface area contributed by atoms with Crippen molar-refractivity contribution in [3.8, 4) is 11.1 Å². The van der Waals surface area contributed by atoms with E-state index in [-0.39, 0.29) is 5.92 Å². The van der Waals surface area contributed by atoms with Crippen LogP contribution in [0.15, 0.2) is 48.5 Å².